The van der Waals surface area contributed by atoms with E-state index >= 15 is 0 Å². The average molecular weight is 222 g/mol. The van der Waals surface area contributed by atoms with Crippen molar-refractivity contribution in [3.8, 4) is 0 Å². The Labute approximate surface area is 93.8 Å². The number of nitrogens with two attached hydrogens (primary N) is 1. The normalized spacial score (nSPS) is 29.1. The highest BCUT2D eigenvalue weighted by molar-refractivity contribution is 7.80. The second kappa shape index (κ2) is 3.01. The molecule has 2 atom stereocenters. The summed E-state index contributed by atoms with van der Waals surface area (Å²) in [7, 11) is 0. The molecule has 4 nitrogen and oxygen atoms in total. The van der Waals surface area contributed by atoms with E-state index in [9.17, 15) is 0 Å². The molecule has 0 aliphatic heterocycles. The molecule has 0 aromatic carbocycles. The fourth-order valence-electron chi connectivity index (χ4n) is 2.10. The second-order valence-corrected chi connectivity index (χ2v) is 5.13. The van der Waals surface area contributed by atoms with Crippen LogP contribution in [0.2, 0.25) is 0 Å². The van der Waals surface area contributed by atoms with Crippen LogP contribution in [0.25, 0.3) is 0 Å². The van der Waals surface area contributed by atoms with Gasteiger partial charge in [-0.15, -0.1) is 5.10 Å². The predicted molar refractivity (Wildman–Crippen MR) is 60.7 cm³/mol. The zero-order valence-electron chi connectivity index (χ0n) is 8.68. The molecule has 5 heteroatoms. The Balaban J connectivity index is 2.03. The molecular formula is C10H14N4S. The molecule has 3 rings (SSSR count). The van der Waals surface area contributed by atoms with E-state index in [2.05, 4.69) is 21.9 Å². The Morgan fingerprint density at radius 2 is 2.20 bits per heavy atom. The Bertz CT molecular complexity index is 421. The fourth-order valence-corrected chi connectivity index (χ4v) is 2.25. The van der Waals surface area contributed by atoms with Gasteiger partial charge in [0.2, 0.25) is 0 Å². The SMILES string of the molecule is CC1CC1n1nnc(C(N)=S)c1C1CC1. The van der Waals surface area contributed by atoms with Crippen LogP contribution in [0.3, 0.4) is 0 Å². The molecule has 0 radical (unpaired) electrons. The maximum Gasteiger partial charge on any atom is 0.143 e. The lowest BCUT2D eigenvalue weighted by molar-refractivity contribution is 0.556. The molecule has 2 aliphatic carbocycles. The molecule has 80 valence electrons. The van der Waals surface area contributed by atoms with E-state index in [1.807, 2.05) is 0 Å². The molecular weight excluding hydrogens is 208 g/mol. The summed E-state index contributed by atoms with van der Waals surface area (Å²) in [5, 5.41) is 8.33. The summed E-state index contributed by atoms with van der Waals surface area (Å²) in [6, 6.07) is 0.538. The highest BCUT2D eigenvalue weighted by atomic mass is 32.1. The Morgan fingerprint density at radius 3 is 2.67 bits per heavy atom. The first-order valence-corrected chi connectivity index (χ1v) is 5.84. The van der Waals surface area contributed by atoms with Crippen molar-refractivity contribution in [2.45, 2.75) is 38.1 Å². The number of nitrogens with zero attached hydrogens (tertiary/aromatic N) is 3. The molecule has 2 unspecified atom stereocenters. The van der Waals surface area contributed by atoms with Crippen molar-refractivity contribution in [1.82, 2.24) is 15.0 Å². The third-order valence-corrected chi connectivity index (χ3v) is 3.50. The molecule has 2 saturated carbocycles. The van der Waals surface area contributed by atoms with Crippen LogP contribution < -0.4 is 5.73 Å². The summed E-state index contributed by atoms with van der Waals surface area (Å²) >= 11 is 5.01. The van der Waals surface area contributed by atoms with Crippen molar-refractivity contribution in [3.63, 3.8) is 0 Å². The molecule has 1 aromatic rings. The lowest BCUT2D eigenvalue weighted by Gasteiger charge is -2.04. The third kappa shape index (κ3) is 1.45. The van der Waals surface area contributed by atoms with Crippen LogP contribution in [0.5, 0.6) is 0 Å². The highest BCUT2D eigenvalue weighted by Crippen LogP contribution is 2.48. The van der Waals surface area contributed by atoms with Crippen LogP contribution in [0, 0.1) is 5.92 Å². The van der Waals surface area contributed by atoms with E-state index in [1.165, 1.54) is 25.0 Å². The first kappa shape index (κ1) is 9.27. The van der Waals surface area contributed by atoms with E-state index in [4.69, 9.17) is 18.0 Å². The maximum atomic E-state index is 5.66. The maximum absolute atomic E-state index is 5.66. The van der Waals surface area contributed by atoms with Gasteiger partial charge in [-0.3, -0.25) is 0 Å². The van der Waals surface area contributed by atoms with Crippen molar-refractivity contribution in [2.24, 2.45) is 11.7 Å². The van der Waals surface area contributed by atoms with E-state index in [-0.39, 0.29) is 0 Å². The molecule has 15 heavy (non-hydrogen) atoms. The first-order chi connectivity index (χ1) is 7.18. The Hall–Kier alpha value is -0.970. The molecule has 0 bridgehead atoms. The number of hydrogen-bond acceptors (Lipinski definition) is 3. The number of hydrogen-bond donors (Lipinski definition) is 1. The number of aromatic nitrogens is 3. The largest absolute Gasteiger partial charge is 0.388 e. The summed E-state index contributed by atoms with van der Waals surface area (Å²) in [6.07, 6.45) is 3.66. The number of rotatable bonds is 3. The Kier molecular flexibility index (Phi) is 1.86. The van der Waals surface area contributed by atoms with Gasteiger partial charge < -0.3 is 5.73 Å². The van der Waals surface area contributed by atoms with E-state index < -0.39 is 0 Å². The van der Waals surface area contributed by atoms with Gasteiger partial charge in [-0.1, -0.05) is 24.4 Å². The van der Waals surface area contributed by atoms with Crippen molar-refractivity contribution < 1.29 is 0 Å². The minimum absolute atomic E-state index is 0.386. The molecule has 2 fully saturated rings. The molecule has 2 aliphatic rings. The van der Waals surface area contributed by atoms with Crippen LogP contribution in [-0.2, 0) is 0 Å². The van der Waals surface area contributed by atoms with Gasteiger partial charge in [0.05, 0.1) is 11.7 Å². The quantitative estimate of drug-likeness (QED) is 0.785. The van der Waals surface area contributed by atoms with Crippen molar-refractivity contribution in [1.29, 1.82) is 0 Å². The summed E-state index contributed by atoms with van der Waals surface area (Å²) in [5.74, 6) is 1.33. The van der Waals surface area contributed by atoms with Gasteiger partial charge in [0, 0.05) is 5.92 Å². The highest BCUT2D eigenvalue weighted by Gasteiger charge is 2.41. The minimum Gasteiger partial charge on any atom is -0.388 e. The van der Waals surface area contributed by atoms with Gasteiger partial charge in [0.15, 0.2) is 0 Å². The van der Waals surface area contributed by atoms with Gasteiger partial charge in [-0.25, -0.2) is 4.68 Å². The summed E-state index contributed by atoms with van der Waals surface area (Å²) in [6.45, 7) is 2.24. The second-order valence-electron chi connectivity index (χ2n) is 4.69. The van der Waals surface area contributed by atoms with Gasteiger partial charge in [0.25, 0.3) is 0 Å². The van der Waals surface area contributed by atoms with Crippen LogP contribution in [-0.4, -0.2) is 20.0 Å². The smallest absolute Gasteiger partial charge is 0.143 e. The topological polar surface area (TPSA) is 56.7 Å². The van der Waals surface area contributed by atoms with Crippen LogP contribution in [0.15, 0.2) is 0 Å². The number of thiocarbonyl (C=S) groups is 1. The summed E-state index contributed by atoms with van der Waals surface area (Å²) in [5.41, 5.74) is 7.61. The molecule has 2 N–H and O–H groups in total. The lowest BCUT2D eigenvalue weighted by Crippen LogP contribution is -2.13. The van der Waals surface area contributed by atoms with E-state index in [0.717, 1.165) is 11.6 Å². The van der Waals surface area contributed by atoms with Gasteiger partial charge in [-0.05, 0) is 25.2 Å². The minimum atomic E-state index is 0.386. The standard InChI is InChI=1S/C10H14N4S/c1-5-4-7(5)14-9(6-2-3-6)8(10(11)15)12-13-14/h5-7H,2-4H2,1H3,(H2,11,15). The monoisotopic (exact) mass is 222 g/mol. The van der Waals surface area contributed by atoms with Gasteiger partial charge in [0.1, 0.15) is 10.7 Å². The van der Waals surface area contributed by atoms with Crippen molar-refractivity contribution in [2.75, 3.05) is 0 Å². The van der Waals surface area contributed by atoms with Crippen LogP contribution in [0.4, 0.5) is 0 Å². The average Bonchev–Trinajstić information content (AvgIpc) is 3.08. The van der Waals surface area contributed by atoms with Gasteiger partial charge >= 0.3 is 0 Å². The summed E-state index contributed by atoms with van der Waals surface area (Å²) < 4.78 is 2.07. The van der Waals surface area contributed by atoms with E-state index in [0.29, 0.717) is 16.9 Å². The zero-order chi connectivity index (χ0) is 10.6. The third-order valence-electron chi connectivity index (χ3n) is 3.31. The summed E-state index contributed by atoms with van der Waals surface area (Å²) in [4.78, 5) is 0.386. The zero-order valence-corrected chi connectivity index (χ0v) is 9.50. The molecule has 1 heterocycles. The predicted octanol–water partition coefficient (Wildman–Crippen LogP) is 1.37. The molecule has 0 spiro atoms. The molecule has 0 amide bonds. The molecule has 1 aromatic heterocycles. The van der Waals surface area contributed by atoms with Crippen LogP contribution in [0.1, 0.15) is 49.5 Å². The van der Waals surface area contributed by atoms with Crippen LogP contribution >= 0.6 is 12.2 Å². The lowest BCUT2D eigenvalue weighted by atomic mass is 10.2. The van der Waals surface area contributed by atoms with Crippen molar-refractivity contribution >= 4 is 17.2 Å². The van der Waals surface area contributed by atoms with Gasteiger partial charge in [-0.2, -0.15) is 0 Å². The van der Waals surface area contributed by atoms with E-state index in [1.54, 1.807) is 0 Å². The molecule has 0 saturated heterocycles. The first-order valence-electron chi connectivity index (χ1n) is 5.43. The Morgan fingerprint density at radius 1 is 1.53 bits per heavy atom. The fraction of sp³-hybridized carbons (Fsp3) is 0.700. The van der Waals surface area contributed by atoms with Crippen molar-refractivity contribution in [3.05, 3.63) is 11.4 Å².